The van der Waals surface area contributed by atoms with Crippen molar-refractivity contribution in [2.24, 2.45) is 0 Å². The van der Waals surface area contributed by atoms with Crippen LogP contribution >= 0.6 is 27.7 Å². The second-order valence-electron chi connectivity index (χ2n) is 3.14. The number of nitrogen functional groups attached to an aromatic ring is 1. The fourth-order valence-electron chi connectivity index (χ4n) is 0.762. The van der Waals surface area contributed by atoms with E-state index in [1.807, 2.05) is 6.26 Å². The number of halogens is 1. The van der Waals surface area contributed by atoms with Crippen molar-refractivity contribution in [3.8, 4) is 0 Å². The summed E-state index contributed by atoms with van der Waals surface area (Å²) in [5.41, 5.74) is 5.66. The summed E-state index contributed by atoms with van der Waals surface area (Å²) in [4.78, 5) is 8.44. The lowest BCUT2D eigenvalue weighted by Crippen LogP contribution is -2.16. The van der Waals surface area contributed by atoms with Crippen molar-refractivity contribution in [3.05, 3.63) is 16.5 Å². The van der Waals surface area contributed by atoms with Crippen LogP contribution in [0.1, 0.15) is 19.7 Å². The molecule has 0 spiro atoms. The summed E-state index contributed by atoms with van der Waals surface area (Å²) in [5.74, 6) is 1.26. The molecule has 0 saturated heterocycles. The molecule has 1 aromatic heterocycles. The first-order valence-corrected chi connectivity index (χ1v) is 5.83. The Kier molecular flexibility index (Phi) is 3.18. The maximum atomic E-state index is 5.66. The summed E-state index contributed by atoms with van der Waals surface area (Å²) >= 11 is 4.96. The third-order valence-electron chi connectivity index (χ3n) is 1.82. The maximum Gasteiger partial charge on any atom is 0.146 e. The molecule has 0 aliphatic rings. The topological polar surface area (TPSA) is 51.8 Å². The third kappa shape index (κ3) is 2.34. The minimum absolute atomic E-state index is 0.0885. The Morgan fingerprint density at radius 1 is 1.54 bits per heavy atom. The second kappa shape index (κ2) is 3.84. The molecule has 5 heteroatoms. The normalized spacial score (nSPS) is 11.7. The Hall–Kier alpha value is -0.290. The van der Waals surface area contributed by atoms with Crippen molar-refractivity contribution in [3.63, 3.8) is 0 Å². The molecule has 1 rings (SSSR count). The summed E-state index contributed by atoms with van der Waals surface area (Å²) in [6, 6.07) is 0. The molecule has 1 aromatic rings. The highest BCUT2D eigenvalue weighted by atomic mass is 79.9. The van der Waals surface area contributed by atoms with Crippen LogP contribution in [0.5, 0.6) is 0 Å². The largest absolute Gasteiger partial charge is 0.383 e. The van der Waals surface area contributed by atoms with Gasteiger partial charge in [0.15, 0.2) is 0 Å². The van der Waals surface area contributed by atoms with Crippen LogP contribution in [0.25, 0.3) is 0 Å². The monoisotopic (exact) mass is 261 g/mol. The maximum absolute atomic E-state index is 5.66. The summed E-state index contributed by atoms with van der Waals surface area (Å²) in [5, 5.41) is 0. The number of thioether (sulfide) groups is 1. The highest BCUT2D eigenvalue weighted by molar-refractivity contribution is 9.10. The van der Waals surface area contributed by atoms with Gasteiger partial charge < -0.3 is 5.73 Å². The zero-order valence-corrected chi connectivity index (χ0v) is 10.2. The Balaban J connectivity index is 3.10. The van der Waals surface area contributed by atoms with E-state index in [9.17, 15) is 0 Å². The molecular weight excluding hydrogens is 250 g/mol. The third-order valence-corrected chi connectivity index (χ3v) is 3.63. The average Bonchev–Trinajstić information content (AvgIpc) is 2.09. The van der Waals surface area contributed by atoms with Gasteiger partial charge in [-0.1, -0.05) is 0 Å². The van der Waals surface area contributed by atoms with E-state index in [0.717, 1.165) is 10.3 Å². The van der Waals surface area contributed by atoms with Crippen molar-refractivity contribution in [1.82, 2.24) is 9.97 Å². The van der Waals surface area contributed by atoms with Crippen molar-refractivity contribution >= 4 is 33.5 Å². The molecular formula is C8H12BrN3S. The lowest BCUT2D eigenvalue weighted by molar-refractivity contribution is 0.710. The Morgan fingerprint density at radius 3 is 2.62 bits per heavy atom. The van der Waals surface area contributed by atoms with Crippen molar-refractivity contribution in [2.45, 2.75) is 18.6 Å². The zero-order valence-electron chi connectivity index (χ0n) is 7.84. The van der Waals surface area contributed by atoms with Crippen LogP contribution in [0.15, 0.2) is 10.7 Å². The van der Waals surface area contributed by atoms with E-state index in [1.165, 1.54) is 0 Å². The first-order chi connectivity index (χ1) is 5.97. The highest BCUT2D eigenvalue weighted by Gasteiger charge is 2.22. The van der Waals surface area contributed by atoms with Gasteiger partial charge in [0, 0.05) is 6.20 Å². The molecule has 0 fully saturated rings. The van der Waals surface area contributed by atoms with Crippen molar-refractivity contribution in [1.29, 1.82) is 0 Å². The first kappa shape index (κ1) is 10.8. The minimum atomic E-state index is -0.0885. The van der Waals surface area contributed by atoms with Gasteiger partial charge in [0.1, 0.15) is 11.6 Å². The molecule has 3 nitrogen and oxygen atoms in total. The summed E-state index contributed by atoms with van der Waals surface area (Å²) in [6.45, 7) is 4.14. The molecule has 0 bridgehead atoms. The van der Waals surface area contributed by atoms with Gasteiger partial charge in [-0.2, -0.15) is 11.8 Å². The van der Waals surface area contributed by atoms with Crippen molar-refractivity contribution < 1.29 is 0 Å². The van der Waals surface area contributed by atoms with Crippen molar-refractivity contribution in [2.75, 3.05) is 12.0 Å². The number of nitrogens with two attached hydrogens (primary N) is 1. The van der Waals surface area contributed by atoms with Gasteiger partial charge in [-0.3, -0.25) is 0 Å². The van der Waals surface area contributed by atoms with Gasteiger partial charge >= 0.3 is 0 Å². The van der Waals surface area contributed by atoms with Crippen LogP contribution in [0, 0.1) is 0 Å². The van der Waals surface area contributed by atoms with E-state index < -0.39 is 0 Å². The molecule has 0 aliphatic carbocycles. The number of aromatic nitrogens is 2. The minimum Gasteiger partial charge on any atom is -0.383 e. The Labute approximate surface area is 90.7 Å². The molecule has 0 atom stereocenters. The SMILES string of the molecule is CSC(C)(C)c1ncc(Br)c(N)n1. The van der Waals surface area contributed by atoms with E-state index in [4.69, 9.17) is 5.73 Å². The molecule has 0 aliphatic heterocycles. The molecule has 13 heavy (non-hydrogen) atoms. The molecule has 0 saturated carbocycles. The van der Waals surface area contributed by atoms with Gasteiger partial charge in [0.25, 0.3) is 0 Å². The van der Waals surface area contributed by atoms with Gasteiger partial charge in [-0.25, -0.2) is 9.97 Å². The molecule has 0 radical (unpaired) electrons. The fourth-order valence-corrected chi connectivity index (χ4v) is 1.23. The predicted molar refractivity (Wildman–Crippen MR) is 60.7 cm³/mol. The summed E-state index contributed by atoms with van der Waals surface area (Å²) in [6.07, 6.45) is 3.72. The lowest BCUT2D eigenvalue weighted by atomic mass is 10.2. The van der Waals surface area contributed by atoms with Gasteiger partial charge in [0.05, 0.1) is 9.22 Å². The molecule has 72 valence electrons. The van der Waals surface area contributed by atoms with E-state index in [2.05, 4.69) is 39.7 Å². The van der Waals surface area contributed by atoms with Crippen LogP contribution in [-0.4, -0.2) is 16.2 Å². The van der Waals surface area contributed by atoms with Crippen LogP contribution in [-0.2, 0) is 4.75 Å². The summed E-state index contributed by atoms with van der Waals surface area (Å²) < 4.78 is 0.655. The number of rotatable bonds is 2. The predicted octanol–water partition coefficient (Wildman–Crippen LogP) is 2.42. The van der Waals surface area contributed by atoms with Crippen LogP contribution in [0.4, 0.5) is 5.82 Å². The quantitative estimate of drug-likeness (QED) is 0.889. The van der Waals surface area contributed by atoms with Gasteiger partial charge in [-0.05, 0) is 36.0 Å². The van der Waals surface area contributed by atoms with E-state index in [-0.39, 0.29) is 4.75 Å². The van der Waals surface area contributed by atoms with E-state index in [1.54, 1.807) is 18.0 Å². The number of hydrogen-bond acceptors (Lipinski definition) is 4. The van der Waals surface area contributed by atoms with E-state index >= 15 is 0 Å². The zero-order chi connectivity index (χ0) is 10.1. The number of hydrogen-bond donors (Lipinski definition) is 1. The standard InChI is InChI=1S/C8H12BrN3S/c1-8(2,13-3)7-11-4-5(9)6(10)12-7/h4H,1-3H3,(H2,10,11,12). The second-order valence-corrected chi connectivity index (χ2v) is 5.42. The number of nitrogens with zero attached hydrogens (tertiary/aromatic N) is 2. The summed E-state index contributed by atoms with van der Waals surface area (Å²) in [7, 11) is 0. The van der Waals surface area contributed by atoms with Gasteiger partial charge in [-0.15, -0.1) is 0 Å². The Morgan fingerprint density at radius 2 is 2.15 bits per heavy atom. The first-order valence-electron chi connectivity index (χ1n) is 3.81. The molecule has 0 amide bonds. The Bertz CT molecular complexity index is 314. The highest BCUT2D eigenvalue weighted by Crippen LogP contribution is 2.31. The van der Waals surface area contributed by atoms with Crippen LogP contribution < -0.4 is 5.73 Å². The fraction of sp³-hybridized carbons (Fsp3) is 0.500. The smallest absolute Gasteiger partial charge is 0.146 e. The molecule has 2 N–H and O–H groups in total. The number of anilines is 1. The van der Waals surface area contributed by atoms with Crippen LogP contribution in [0.3, 0.4) is 0 Å². The lowest BCUT2D eigenvalue weighted by Gasteiger charge is -2.20. The average molecular weight is 262 g/mol. The molecule has 0 aromatic carbocycles. The molecule has 0 unspecified atom stereocenters. The molecule has 1 heterocycles. The van der Waals surface area contributed by atoms with Gasteiger partial charge in [0.2, 0.25) is 0 Å². The van der Waals surface area contributed by atoms with Crippen LogP contribution in [0.2, 0.25) is 0 Å². The van der Waals surface area contributed by atoms with E-state index in [0.29, 0.717) is 5.82 Å².